The monoisotopic (exact) mass is 169 g/mol. The molecule has 0 amide bonds. The normalized spacial score (nSPS) is 23.6. The van der Waals surface area contributed by atoms with Crippen molar-refractivity contribution < 1.29 is 9.53 Å². The number of carbonyl (C=O) groups is 1. The molecule has 0 saturated carbocycles. The highest BCUT2D eigenvalue weighted by molar-refractivity contribution is 5.85. The van der Waals surface area contributed by atoms with E-state index < -0.39 is 0 Å². The number of ether oxygens (including phenoxy) is 1. The van der Waals surface area contributed by atoms with E-state index in [2.05, 4.69) is 11.9 Å². The van der Waals surface area contributed by atoms with E-state index in [9.17, 15) is 4.79 Å². The average molecular weight is 169 g/mol. The van der Waals surface area contributed by atoms with Gasteiger partial charge in [0.05, 0.1) is 6.61 Å². The second-order valence-corrected chi connectivity index (χ2v) is 3.16. The van der Waals surface area contributed by atoms with E-state index in [0.29, 0.717) is 19.6 Å². The van der Waals surface area contributed by atoms with Gasteiger partial charge in [-0.3, -0.25) is 4.79 Å². The molecule has 0 spiro atoms. The number of morpholine rings is 1. The van der Waals surface area contributed by atoms with Gasteiger partial charge in [0.2, 0.25) is 0 Å². The van der Waals surface area contributed by atoms with E-state index in [1.54, 1.807) is 0 Å². The van der Waals surface area contributed by atoms with Crippen LogP contribution in [0.3, 0.4) is 0 Å². The van der Waals surface area contributed by atoms with E-state index in [-0.39, 0.29) is 11.9 Å². The maximum atomic E-state index is 11.4. The molecule has 0 aromatic carbocycles. The van der Waals surface area contributed by atoms with Gasteiger partial charge < -0.3 is 10.1 Å². The Morgan fingerprint density at radius 2 is 2.50 bits per heavy atom. The minimum absolute atomic E-state index is 0.134. The molecule has 1 heterocycles. The maximum absolute atomic E-state index is 11.4. The topological polar surface area (TPSA) is 38.3 Å². The molecule has 3 heteroatoms. The van der Waals surface area contributed by atoms with E-state index in [1.165, 1.54) is 0 Å². The third-order valence-electron chi connectivity index (χ3n) is 1.76. The molecule has 1 atom stereocenters. The van der Waals surface area contributed by atoms with E-state index in [0.717, 1.165) is 12.1 Å². The summed E-state index contributed by atoms with van der Waals surface area (Å²) in [6.07, 6.45) is 0.183. The third-order valence-corrected chi connectivity index (χ3v) is 1.76. The first-order valence-electron chi connectivity index (χ1n) is 4.19. The van der Waals surface area contributed by atoms with Gasteiger partial charge in [-0.25, -0.2) is 0 Å². The Hall–Kier alpha value is -0.670. The molecule has 12 heavy (non-hydrogen) atoms. The molecule has 0 aromatic heterocycles. The summed E-state index contributed by atoms with van der Waals surface area (Å²) >= 11 is 0. The Kier molecular flexibility index (Phi) is 3.44. The van der Waals surface area contributed by atoms with Crippen molar-refractivity contribution in [1.29, 1.82) is 0 Å². The van der Waals surface area contributed by atoms with Gasteiger partial charge in [-0.15, -0.1) is 0 Å². The summed E-state index contributed by atoms with van der Waals surface area (Å²) < 4.78 is 5.29. The Morgan fingerprint density at radius 1 is 1.75 bits per heavy atom. The predicted octanol–water partition coefficient (Wildman–Crippen LogP) is 0.510. The lowest BCUT2D eigenvalue weighted by molar-refractivity contribution is -0.131. The fourth-order valence-corrected chi connectivity index (χ4v) is 1.18. The summed E-state index contributed by atoms with van der Waals surface area (Å²) in [5.74, 6) is 0.134. The van der Waals surface area contributed by atoms with Crippen LogP contribution in [0.2, 0.25) is 0 Å². The zero-order chi connectivity index (χ0) is 8.97. The SMILES string of the molecule is C=C(C)CC(=O)C1CNCCO1. The van der Waals surface area contributed by atoms with Crippen molar-refractivity contribution in [1.82, 2.24) is 5.32 Å². The molecule has 0 bridgehead atoms. The molecular weight excluding hydrogens is 154 g/mol. The van der Waals surface area contributed by atoms with Gasteiger partial charge in [0.25, 0.3) is 0 Å². The first-order valence-corrected chi connectivity index (χ1v) is 4.19. The van der Waals surface area contributed by atoms with Crippen molar-refractivity contribution in [3.05, 3.63) is 12.2 Å². The lowest BCUT2D eigenvalue weighted by Gasteiger charge is -2.22. The smallest absolute Gasteiger partial charge is 0.166 e. The minimum Gasteiger partial charge on any atom is -0.368 e. The molecule has 1 rings (SSSR count). The summed E-state index contributed by atoms with van der Waals surface area (Å²) in [4.78, 5) is 11.4. The highest BCUT2D eigenvalue weighted by Gasteiger charge is 2.20. The van der Waals surface area contributed by atoms with Crippen LogP contribution in [0.15, 0.2) is 12.2 Å². The fourth-order valence-electron chi connectivity index (χ4n) is 1.18. The lowest BCUT2D eigenvalue weighted by atomic mass is 10.1. The number of ketones is 1. The number of rotatable bonds is 3. The van der Waals surface area contributed by atoms with Gasteiger partial charge in [0.1, 0.15) is 6.10 Å². The largest absolute Gasteiger partial charge is 0.368 e. The van der Waals surface area contributed by atoms with Crippen molar-refractivity contribution in [3.8, 4) is 0 Å². The van der Waals surface area contributed by atoms with Crippen LogP contribution in [0.25, 0.3) is 0 Å². The van der Waals surface area contributed by atoms with Crippen LogP contribution in [-0.4, -0.2) is 31.6 Å². The van der Waals surface area contributed by atoms with Crippen LogP contribution < -0.4 is 5.32 Å². The van der Waals surface area contributed by atoms with Crippen LogP contribution >= 0.6 is 0 Å². The summed E-state index contributed by atoms with van der Waals surface area (Å²) in [5.41, 5.74) is 0.897. The first kappa shape index (κ1) is 9.42. The van der Waals surface area contributed by atoms with Crippen LogP contribution in [0.1, 0.15) is 13.3 Å². The van der Waals surface area contributed by atoms with Crippen LogP contribution in [0, 0.1) is 0 Å². The van der Waals surface area contributed by atoms with Crippen molar-refractivity contribution in [2.75, 3.05) is 19.7 Å². The van der Waals surface area contributed by atoms with Gasteiger partial charge in [0, 0.05) is 19.5 Å². The molecule has 1 N–H and O–H groups in total. The van der Waals surface area contributed by atoms with Crippen molar-refractivity contribution in [2.24, 2.45) is 0 Å². The molecule has 3 nitrogen and oxygen atoms in total. The number of allylic oxidation sites excluding steroid dienone is 1. The molecule has 0 radical (unpaired) electrons. The Labute approximate surface area is 72.8 Å². The molecule has 0 aliphatic carbocycles. The molecule has 1 unspecified atom stereocenters. The first-order chi connectivity index (χ1) is 5.70. The summed E-state index contributed by atoms with van der Waals surface area (Å²) in [6.45, 7) is 7.67. The van der Waals surface area contributed by atoms with Gasteiger partial charge >= 0.3 is 0 Å². The molecule has 1 fully saturated rings. The number of hydrogen-bond donors (Lipinski definition) is 1. The fraction of sp³-hybridized carbons (Fsp3) is 0.667. The predicted molar refractivity (Wildman–Crippen MR) is 47.0 cm³/mol. The van der Waals surface area contributed by atoms with Crippen LogP contribution in [0.5, 0.6) is 0 Å². The van der Waals surface area contributed by atoms with Crippen molar-refractivity contribution in [3.63, 3.8) is 0 Å². The van der Waals surface area contributed by atoms with E-state index in [1.807, 2.05) is 6.92 Å². The lowest BCUT2D eigenvalue weighted by Crippen LogP contribution is -2.43. The molecule has 0 aromatic rings. The number of nitrogens with one attached hydrogen (secondary N) is 1. The maximum Gasteiger partial charge on any atom is 0.166 e. The number of carbonyl (C=O) groups excluding carboxylic acids is 1. The van der Waals surface area contributed by atoms with Crippen LogP contribution in [-0.2, 0) is 9.53 Å². The second-order valence-electron chi connectivity index (χ2n) is 3.16. The Balaban J connectivity index is 2.34. The Bertz CT molecular complexity index is 183. The summed E-state index contributed by atoms with van der Waals surface area (Å²) in [6, 6.07) is 0. The second kappa shape index (κ2) is 4.38. The minimum atomic E-state index is -0.254. The van der Waals surface area contributed by atoms with Gasteiger partial charge in [-0.1, -0.05) is 12.2 Å². The molecule has 1 aliphatic heterocycles. The van der Waals surface area contributed by atoms with Crippen LogP contribution in [0.4, 0.5) is 0 Å². The van der Waals surface area contributed by atoms with Gasteiger partial charge in [0.15, 0.2) is 5.78 Å². The average Bonchev–Trinajstić information content (AvgIpc) is 2.05. The quantitative estimate of drug-likeness (QED) is 0.626. The molecule has 1 saturated heterocycles. The van der Waals surface area contributed by atoms with Gasteiger partial charge in [-0.05, 0) is 6.92 Å². The standard InChI is InChI=1S/C9H15NO2/c1-7(2)5-8(11)9-6-10-3-4-12-9/h9-10H,1,3-6H2,2H3. The third kappa shape index (κ3) is 2.75. The number of Topliss-reactive ketones (excluding diaryl/α,β-unsaturated/α-hetero) is 1. The molecule has 68 valence electrons. The highest BCUT2D eigenvalue weighted by Crippen LogP contribution is 2.05. The van der Waals surface area contributed by atoms with Crippen molar-refractivity contribution in [2.45, 2.75) is 19.4 Å². The molecular formula is C9H15NO2. The zero-order valence-electron chi connectivity index (χ0n) is 7.43. The zero-order valence-corrected chi connectivity index (χ0v) is 7.43. The van der Waals surface area contributed by atoms with Crippen molar-refractivity contribution >= 4 is 5.78 Å². The van der Waals surface area contributed by atoms with E-state index in [4.69, 9.17) is 4.74 Å². The number of hydrogen-bond acceptors (Lipinski definition) is 3. The van der Waals surface area contributed by atoms with E-state index >= 15 is 0 Å². The highest BCUT2D eigenvalue weighted by atomic mass is 16.5. The summed E-state index contributed by atoms with van der Waals surface area (Å²) in [7, 11) is 0. The molecule has 1 aliphatic rings. The Morgan fingerprint density at radius 3 is 3.00 bits per heavy atom. The van der Waals surface area contributed by atoms with Gasteiger partial charge in [-0.2, -0.15) is 0 Å². The summed E-state index contributed by atoms with van der Waals surface area (Å²) in [5, 5.41) is 3.11.